The quantitative estimate of drug-likeness (QED) is 0.677. The Morgan fingerprint density at radius 3 is 2.74 bits per heavy atom. The highest BCUT2D eigenvalue weighted by molar-refractivity contribution is 9.10. The van der Waals surface area contributed by atoms with Crippen LogP contribution in [0.15, 0.2) is 46.9 Å². The van der Waals surface area contributed by atoms with Gasteiger partial charge in [-0.05, 0) is 40.2 Å². The van der Waals surface area contributed by atoms with Gasteiger partial charge in [0.05, 0.1) is 5.56 Å². The topological polar surface area (TPSA) is 52.3 Å². The number of ether oxygens (including phenoxy) is 1. The first-order chi connectivity index (χ1) is 9.08. The third-order valence-corrected chi connectivity index (χ3v) is 3.59. The van der Waals surface area contributed by atoms with Gasteiger partial charge in [-0.25, -0.2) is 4.79 Å². The van der Waals surface area contributed by atoms with Crippen molar-refractivity contribution in [2.24, 2.45) is 0 Å². The van der Waals surface area contributed by atoms with E-state index in [-0.39, 0.29) is 6.61 Å². The Morgan fingerprint density at radius 2 is 2.00 bits per heavy atom. The fourth-order valence-electron chi connectivity index (χ4n) is 1.54. The summed E-state index contributed by atoms with van der Waals surface area (Å²) in [5.74, 6) is -0.445. The summed E-state index contributed by atoms with van der Waals surface area (Å²) in [5, 5.41) is 0.571. The number of hydrogen-bond acceptors (Lipinski definition) is 3. The summed E-state index contributed by atoms with van der Waals surface area (Å²) < 4.78 is 5.87. The molecule has 0 saturated heterocycles. The second kappa shape index (κ2) is 6.08. The standard InChI is InChI=1S/C14H11BrClNO2/c15-12-6-5-10(17)7-11(12)14(18)19-8-9-3-1-2-4-13(9)16/h1-7H,8,17H2. The molecule has 0 aliphatic carbocycles. The molecule has 0 unspecified atom stereocenters. The van der Waals surface area contributed by atoms with Crippen molar-refractivity contribution in [2.45, 2.75) is 6.61 Å². The number of halogens is 2. The Morgan fingerprint density at radius 1 is 1.26 bits per heavy atom. The number of rotatable bonds is 3. The number of benzene rings is 2. The van der Waals surface area contributed by atoms with E-state index in [4.69, 9.17) is 22.1 Å². The van der Waals surface area contributed by atoms with E-state index in [9.17, 15) is 4.79 Å². The van der Waals surface area contributed by atoms with Gasteiger partial charge in [-0.3, -0.25) is 0 Å². The Kier molecular flexibility index (Phi) is 4.45. The number of nitrogen functional groups attached to an aromatic ring is 1. The lowest BCUT2D eigenvalue weighted by molar-refractivity contribution is 0.0472. The number of carbonyl (C=O) groups is 1. The molecule has 0 amide bonds. The summed E-state index contributed by atoms with van der Waals surface area (Å²) in [6.45, 7) is 0.125. The van der Waals surface area contributed by atoms with Gasteiger partial charge in [-0.15, -0.1) is 0 Å². The molecule has 0 aromatic heterocycles. The zero-order valence-electron chi connectivity index (χ0n) is 9.90. The maximum atomic E-state index is 12.0. The van der Waals surface area contributed by atoms with Crippen LogP contribution in [0.25, 0.3) is 0 Å². The van der Waals surface area contributed by atoms with Crippen molar-refractivity contribution in [3.63, 3.8) is 0 Å². The van der Waals surface area contributed by atoms with E-state index < -0.39 is 5.97 Å². The van der Waals surface area contributed by atoms with Crippen LogP contribution in [0, 0.1) is 0 Å². The van der Waals surface area contributed by atoms with Gasteiger partial charge in [-0.2, -0.15) is 0 Å². The van der Waals surface area contributed by atoms with Crippen LogP contribution < -0.4 is 5.73 Å². The van der Waals surface area contributed by atoms with E-state index in [0.29, 0.717) is 20.7 Å². The Balaban J connectivity index is 2.10. The van der Waals surface area contributed by atoms with Gasteiger partial charge in [0.1, 0.15) is 6.61 Å². The number of anilines is 1. The second-order valence-electron chi connectivity index (χ2n) is 3.91. The summed E-state index contributed by atoms with van der Waals surface area (Å²) in [6, 6.07) is 12.2. The molecule has 2 rings (SSSR count). The van der Waals surface area contributed by atoms with E-state index in [1.807, 2.05) is 18.2 Å². The largest absolute Gasteiger partial charge is 0.457 e. The molecule has 0 aliphatic heterocycles. The minimum atomic E-state index is -0.445. The number of nitrogens with two attached hydrogens (primary N) is 1. The normalized spacial score (nSPS) is 10.2. The van der Waals surface area contributed by atoms with E-state index in [0.717, 1.165) is 5.56 Å². The van der Waals surface area contributed by atoms with E-state index in [2.05, 4.69) is 15.9 Å². The molecule has 0 heterocycles. The van der Waals surface area contributed by atoms with Gasteiger partial charge >= 0.3 is 5.97 Å². The van der Waals surface area contributed by atoms with Crippen molar-refractivity contribution < 1.29 is 9.53 Å². The molecule has 0 aliphatic rings. The van der Waals surface area contributed by atoms with Crippen molar-refractivity contribution in [1.82, 2.24) is 0 Å². The SMILES string of the molecule is Nc1ccc(Br)c(C(=O)OCc2ccccc2Cl)c1. The van der Waals surface area contributed by atoms with Gasteiger partial charge in [0.25, 0.3) is 0 Å². The van der Waals surface area contributed by atoms with Gasteiger partial charge in [0.2, 0.25) is 0 Å². The average molecular weight is 341 g/mol. The fraction of sp³-hybridized carbons (Fsp3) is 0.0714. The van der Waals surface area contributed by atoms with Gasteiger partial charge < -0.3 is 10.5 Å². The summed E-state index contributed by atoms with van der Waals surface area (Å²) in [7, 11) is 0. The Labute approximate surface area is 124 Å². The second-order valence-corrected chi connectivity index (χ2v) is 5.17. The maximum Gasteiger partial charge on any atom is 0.339 e. The molecule has 19 heavy (non-hydrogen) atoms. The van der Waals surface area contributed by atoms with Crippen LogP contribution in [-0.4, -0.2) is 5.97 Å². The van der Waals surface area contributed by atoms with E-state index >= 15 is 0 Å². The van der Waals surface area contributed by atoms with Crippen molar-refractivity contribution in [1.29, 1.82) is 0 Å². The molecule has 0 spiro atoms. The maximum absolute atomic E-state index is 12.0. The van der Waals surface area contributed by atoms with Gasteiger partial charge in [-0.1, -0.05) is 29.8 Å². The van der Waals surface area contributed by atoms with Crippen LogP contribution in [-0.2, 0) is 11.3 Å². The minimum Gasteiger partial charge on any atom is -0.457 e. The molecular formula is C14H11BrClNO2. The predicted molar refractivity (Wildman–Crippen MR) is 79.1 cm³/mol. The van der Waals surface area contributed by atoms with Crippen molar-refractivity contribution in [2.75, 3.05) is 5.73 Å². The van der Waals surface area contributed by atoms with Crippen LogP contribution in [0.2, 0.25) is 5.02 Å². The lowest BCUT2D eigenvalue weighted by atomic mass is 10.2. The Bertz CT molecular complexity index is 616. The highest BCUT2D eigenvalue weighted by atomic mass is 79.9. The number of hydrogen-bond donors (Lipinski definition) is 1. The van der Waals surface area contributed by atoms with Crippen molar-refractivity contribution in [3.8, 4) is 0 Å². The number of esters is 1. The van der Waals surface area contributed by atoms with Gasteiger partial charge in [0.15, 0.2) is 0 Å². The van der Waals surface area contributed by atoms with Crippen molar-refractivity contribution in [3.05, 3.63) is 63.1 Å². The van der Waals surface area contributed by atoms with E-state index in [1.165, 1.54) is 0 Å². The first-order valence-corrected chi connectivity index (χ1v) is 6.70. The third-order valence-electron chi connectivity index (χ3n) is 2.53. The monoisotopic (exact) mass is 339 g/mol. The molecule has 3 nitrogen and oxygen atoms in total. The highest BCUT2D eigenvalue weighted by Crippen LogP contribution is 2.22. The van der Waals surface area contributed by atoms with Crippen LogP contribution in [0.1, 0.15) is 15.9 Å². The predicted octanol–water partition coefficient (Wildman–Crippen LogP) is 4.04. The molecule has 0 saturated carbocycles. The van der Waals surface area contributed by atoms with Crippen LogP contribution in [0.3, 0.4) is 0 Å². The molecule has 2 aromatic carbocycles. The van der Waals surface area contributed by atoms with Crippen LogP contribution >= 0.6 is 27.5 Å². The van der Waals surface area contributed by atoms with Crippen LogP contribution in [0.5, 0.6) is 0 Å². The fourth-order valence-corrected chi connectivity index (χ4v) is 2.13. The molecule has 0 bridgehead atoms. The Hall–Kier alpha value is -1.52. The zero-order chi connectivity index (χ0) is 13.8. The summed E-state index contributed by atoms with van der Waals surface area (Å²) in [5.41, 5.74) is 7.31. The summed E-state index contributed by atoms with van der Waals surface area (Å²) in [4.78, 5) is 12.0. The lowest BCUT2D eigenvalue weighted by Gasteiger charge is -2.08. The summed E-state index contributed by atoms with van der Waals surface area (Å²) >= 11 is 9.28. The number of carbonyl (C=O) groups excluding carboxylic acids is 1. The molecule has 0 radical (unpaired) electrons. The molecule has 0 atom stereocenters. The highest BCUT2D eigenvalue weighted by Gasteiger charge is 2.12. The third kappa shape index (κ3) is 3.49. The molecule has 2 aromatic rings. The molecule has 0 fully saturated rings. The summed E-state index contributed by atoms with van der Waals surface area (Å²) in [6.07, 6.45) is 0. The molecule has 2 N–H and O–H groups in total. The first kappa shape index (κ1) is 13.9. The van der Waals surface area contributed by atoms with E-state index in [1.54, 1.807) is 24.3 Å². The molecule has 98 valence electrons. The minimum absolute atomic E-state index is 0.125. The smallest absolute Gasteiger partial charge is 0.339 e. The van der Waals surface area contributed by atoms with Crippen molar-refractivity contribution >= 4 is 39.2 Å². The lowest BCUT2D eigenvalue weighted by Crippen LogP contribution is -2.07. The first-order valence-electron chi connectivity index (χ1n) is 5.53. The van der Waals surface area contributed by atoms with Gasteiger partial charge in [0, 0.05) is 20.7 Å². The van der Waals surface area contributed by atoms with Crippen LogP contribution in [0.4, 0.5) is 5.69 Å². The zero-order valence-corrected chi connectivity index (χ0v) is 12.2. The molecular weight excluding hydrogens is 330 g/mol. The average Bonchev–Trinajstić information content (AvgIpc) is 2.40. The molecule has 5 heteroatoms.